The van der Waals surface area contributed by atoms with Gasteiger partial charge in [0.25, 0.3) is 0 Å². The standard InChI is InChI=1S/C26H24FN5S/c1-16-13-19(9-10-22(16)27)32-25(24(30-26(32)33)23-8-4-5-12-29-23)21-14-17(2)31(18(21)3)20-7-6-11-28-15-20/h4-15,24-25H,1-3H3,(H,30,33). The lowest BCUT2D eigenvalue weighted by atomic mass is 9.96. The number of nitrogens with zero attached hydrogens (tertiary/aromatic N) is 4. The van der Waals surface area contributed by atoms with Gasteiger partial charge in [-0.3, -0.25) is 9.97 Å². The molecule has 7 heteroatoms. The zero-order valence-electron chi connectivity index (χ0n) is 18.7. The first-order valence-corrected chi connectivity index (χ1v) is 11.2. The lowest BCUT2D eigenvalue weighted by Gasteiger charge is -2.28. The lowest BCUT2D eigenvalue weighted by Crippen LogP contribution is -2.29. The van der Waals surface area contributed by atoms with Gasteiger partial charge < -0.3 is 14.8 Å². The van der Waals surface area contributed by atoms with Crippen LogP contribution < -0.4 is 10.2 Å². The van der Waals surface area contributed by atoms with Crippen LogP contribution in [-0.2, 0) is 0 Å². The van der Waals surface area contributed by atoms with Crippen molar-refractivity contribution in [2.45, 2.75) is 32.9 Å². The van der Waals surface area contributed by atoms with Crippen LogP contribution in [0.5, 0.6) is 0 Å². The first-order chi connectivity index (χ1) is 16.0. The third-order valence-electron chi connectivity index (χ3n) is 6.21. The van der Waals surface area contributed by atoms with E-state index < -0.39 is 0 Å². The second kappa shape index (κ2) is 8.41. The predicted octanol–water partition coefficient (Wildman–Crippen LogP) is 5.51. The molecule has 0 aliphatic carbocycles. The van der Waals surface area contributed by atoms with Gasteiger partial charge in [-0.1, -0.05) is 6.07 Å². The molecule has 1 aliphatic rings. The number of nitrogens with one attached hydrogen (secondary N) is 1. The van der Waals surface area contributed by atoms with E-state index in [-0.39, 0.29) is 17.9 Å². The third-order valence-corrected chi connectivity index (χ3v) is 6.53. The summed E-state index contributed by atoms with van der Waals surface area (Å²) in [5.74, 6) is -0.232. The Morgan fingerprint density at radius 3 is 2.52 bits per heavy atom. The number of pyridine rings is 2. The fourth-order valence-electron chi connectivity index (χ4n) is 4.70. The number of hydrogen-bond acceptors (Lipinski definition) is 3. The summed E-state index contributed by atoms with van der Waals surface area (Å²) in [6.07, 6.45) is 5.42. The summed E-state index contributed by atoms with van der Waals surface area (Å²) in [6.45, 7) is 5.97. The van der Waals surface area contributed by atoms with E-state index in [0.717, 1.165) is 34.0 Å². The Morgan fingerprint density at radius 1 is 0.970 bits per heavy atom. The molecule has 1 aliphatic heterocycles. The van der Waals surface area contributed by atoms with E-state index in [1.165, 1.54) is 6.07 Å². The van der Waals surface area contributed by atoms with Crippen LogP contribution in [0, 0.1) is 26.6 Å². The quantitative estimate of drug-likeness (QED) is 0.410. The number of aromatic nitrogens is 3. The number of hydrogen-bond donors (Lipinski definition) is 1. The van der Waals surface area contributed by atoms with Gasteiger partial charge in [-0.05, 0) is 92.6 Å². The van der Waals surface area contributed by atoms with Gasteiger partial charge in [0, 0.05) is 29.5 Å². The van der Waals surface area contributed by atoms with Crippen LogP contribution in [0.4, 0.5) is 10.1 Å². The van der Waals surface area contributed by atoms with Crippen molar-refractivity contribution >= 4 is 23.0 Å². The van der Waals surface area contributed by atoms with Crippen LogP contribution in [0.2, 0.25) is 0 Å². The number of rotatable bonds is 4. The van der Waals surface area contributed by atoms with Gasteiger partial charge in [0.1, 0.15) is 5.82 Å². The molecule has 166 valence electrons. The maximum atomic E-state index is 14.1. The summed E-state index contributed by atoms with van der Waals surface area (Å²) in [4.78, 5) is 11.0. The molecular formula is C26H24FN5S. The molecule has 0 amide bonds. The highest BCUT2D eigenvalue weighted by atomic mass is 32.1. The van der Waals surface area contributed by atoms with Crippen molar-refractivity contribution in [3.05, 3.63) is 107 Å². The Hall–Kier alpha value is -3.58. The highest BCUT2D eigenvalue weighted by molar-refractivity contribution is 7.80. The Bertz CT molecular complexity index is 1320. The molecule has 4 aromatic rings. The average Bonchev–Trinajstić information content (AvgIpc) is 3.32. The fraction of sp³-hybridized carbons (Fsp3) is 0.192. The number of thiocarbonyl (C=S) groups is 1. The van der Waals surface area contributed by atoms with Gasteiger partial charge >= 0.3 is 0 Å². The summed E-state index contributed by atoms with van der Waals surface area (Å²) in [7, 11) is 0. The van der Waals surface area contributed by atoms with Crippen LogP contribution in [0.1, 0.15) is 40.3 Å². The SMILES string of the molecule is Cc1cc(N2C(=S)NC(c3ccccn3)C2c2cc(C)n(-c3cccnc3)c2C)ccc1F. The highest BCUT2D eigenvalue weighted by Gasteiger charge is 2.42. The van der Waals surface area contributed by atoms with Gasteiger partial charge in [0.2, 0.25) is 0 Å². The third kappa shape index (κ3) is 3.68. The summed E-state index contributed by atoms with van der Waals surface area (Å²) >= 11 is 5.81. The minimum Gasteiger partial charge on any atom is -0.351 e. The van der Waals surface area contributed by atoms with Crippen molar-refractivity contribution in [1.29, 1.82) is 0 Å². The van der Waals surface area contributed by atoms with Gasteiger partial charge in [0.15, 0.2) is 5.11 Å². The molecule has 5 rings (SSSR count). The number of halogens is 1. The summed E-state index contributed by atoms with van der Waals surface area (Å²) in [5.41, 5.74) is 6.66. The molecule has 2 atom stereocenters. The average molecular weight is 458 g/mol. The van der Waals surface area contributed by atoms with Crippen LogP contribution in [0.3, 0.4) is 0 Å². The van der Waals surface area contributed by atoms with Crippen LogP contribution in [0.15, 0.2) is 73.2 Å². The van der Waals surface area contributed by atoms with Crippen molar-refractivity contribution in [2.75, 3.05) is 4.90 Å². The van der Waals surface area contributed by atoms with E-state index in [9.17, 15) is 4.39 Å². The molecule has 1 N–H and O–H groups in total. The second-order valence-corrected chi connectivity index (χ2v) is 8.69. The van der Waals surface area contributed by atoms with E-state index in [1.54, 1.807) is 25.4 Å². The van der Waals surface area contributed by atoms with E-state index in [0.29, 0.717) is 10.7 Å². The minimum absolute atomic E-state index is 0.158. The smallest absolute Gasteiger partial charge is 0.174 e. The molecule has 4 heterocycles. The number of anilines is 1. The topological polar surface area (TPSA) is 46.0 Å². The van der Waals surface area contributed by atoms with E-state index in [1.807, 2.05) is 42.6 Å². The molecule has 1 saturated heterocycles. The molecule has 0 spiro atoms. The molecule has 0 radical (unpaired) electrons. The van der Waals surface area contributed by atoms with E-state index in [4.69, 9.17) is 12.2 Å². The first kappa shape index (κ1) is 21.3. The maximum Gasteiger partial charge on any atom is 0.174 e. The molecule has 2 unspecified atom stereocenters. The first-order valence-electron chi connectivity index (χ1n) is 10.8. The Kier molecular flexibility index (Phi) is 5.42. The van der Waals surface area contributed by atoms with Crippen molar-refractivity contribution in [3.63, 3.8) is 0 Å². The maximum absolute atomic E-state index is 14.1. The molecule has 1 aromatic carbocycles. The van der Waals surface area contributed by atoms with Crippen molar-refractivity contribution in [1.82, 2.24) is 19.9 Å². The fourth-order valence-corrected chi connectivity index (χ4v) is 5.04. The van der Waals surface area contributed by atoms with Crippen molar-refractivity contribution in [2.24, 2.45) is 0 Å². The zero-order chi connectivity index (χ0) is 23.1. The lowest BCUT2D eigenvalue weighted by molar-refractivity contribution is 0.564. The second-order valence-electron chi connectivity index (χ2n) is 8.30. The summed E-state index contributed by atoms with van der Waals surface area (Å²) in [5, 5.41) is 4.07. The van der Waals surface area contributed by atoms with Gasteiger partial charge in [0.05, 0.1) is 29.7 Å². The Labute approximate surface area is 197 Å². The van der Waals surface area contributed by atoms with Crippen molar-refractivity contribution < 1.29 is 4.39 Å². The normalized spacial score (nSPS) is 17.9. The molecule has 0 bridgehead atoms. The zero-order valence-corrected chi connectivity index (χ0v) is 19.5. The number of benzene rings is 1. The largest absolute Gasteiger partial charge is 0.351 e. The molecule has 33 heavy (non-hydrogen) atoms. The summed E-state index contributed by atoms with van der Waals surface area (Å²) < 4.78 is 16.3. The molecule has 5 nitrogen and oxygen atoms in total. The highest BCUT2D eigenvalue weighted by Crippen LogP contribution is 2.43. The van der Waals surface area contributed by atoms with Gasteiger partial charge in [-0.25, -0.2) is 4.39 Å². The Balaban J connectivity index is 1.69. The molecule has 3 aromatic heterocycles. The Morgan fingerprint density at radius 2 is 1.82 bits per heavy atom. The van der Waals surface area contributed by atoms with Gasteiger partial charge in [-0.15, -0.1) is 0 Å². The molecule has 1 fully saturated rings. The number of aryl methyl sites for hydroxylation is 2. The van der Waals surface area contributed by atoms with Crippen LogP contribution in [-0.4, -0.2) is 19.6 Å². The molecule has 0 saturated carbocycles. The molecular weight excluding hydrogens is 433 g/mol. The monoisotopic (exact) mass is 457 g/mol. The van der Waals surface area contributed by atoms with Gasteiger partial charge in [-0.2, -0.15) is 0 Å². The van der Waals surface area contributed by atoms with E-state index in [2.05, 4.69) is 44.7 Å². The summed E-state index contributed by atoms with van der Waals surface area (Å²) in [6, 6.07) is 16.9. The predicted molar refractivity (Wildman–Crippen MR) is 132 cm³/mol. The van der Waals surface area contributed by atoms with Crippen molar-refractivity contribution in [3.8, 4) is 5.69 Å². The minimum atomic E-state index is -0.232. The van der Waals surface area contributed by atoms with E-state index >= 15 is 0 Å². The van der Waals surface area contributed by atoms with Crippen LogP contribution in [0.25, 0.3) is 5.69 Å². The van der Waals surface area contributed by atoms with Crippen LogP contribution >= 0.6 is 12.2 Å².